The van der Waals surface area contributed by atoms with Gasteiger partial charge in [-0.2, -0.15) is 0 Å². The van der Waals surface area contributed by atoms with Crippen LogP contribution in [0.2, 0.25) is 0 Å². The van der Waals surface area contributed by atoms with Gasteiger partial charge in [-0.15, -0.1) is 0 Å². The highest BCUT2D eigenvalue weighted by molar-refractivity contribution is 5.93. The summed E-state index contributed by atoms with van der Waals surface area (Å²) in [6.07, 6.45) is 0. The lowest BCUT2D eigenvalue weighted by Crippen LogP contribution is -2.39. The molecule has 8 N–H and O–H groups in total. The van der Waals surface area contributed by atoms with Crippen LogP contribution in [0.25, 0.3) is 0 Å². The second-order valence-corrected chi connectivity index (χ2v) is 1.70. The van der Waals surface area contributed by atoms with Gasteiger partial charge in [0, 0.05) is 13.1 Å². The van der Waals surface area contributed by atoms with Crippen molar-refractivity contribution in [1.29, 1.82) is 10.8 Å². The van der Waals surface area contributed by atoms with E-state index in [9.17, 15) is 0 Å². The Hall–Kier alpha value is -1.30. The highest BCUT2D eigenvalue weighted by atomic mass is 15.1. The lowest BCUT2D eigenvalue weighted by atomic mass is 10.9. The van der Waals surface area contributed by atoms with Crippen molar-refractivity contribution in [1.82, 2.24) is 10.6 Å². The summed E-state index contributed by atoms with van der Waals surface area (Å²) in [5.74, 6) is -0.625. The Bertz CT molecular complexity index is 113. The molecule has 10 heavy (non-hydrogen) atoms. The smallest absolute Gasteiger partial charge is 0.192 e. The van der Waals surface area contributed by atoms with Crippen molar-refractivity contribution in [3.05, 3.63) is 0 Å². The van der Waals surface area contributed by atoms with Gasteiger partial charge in [-0.05, 0) is 0 Å². The summed E-state index contributed by atoms with van der Waals surface area (Å²) in [6.45, 7) is 2.50. The Morgan fingerprint density at radius 3 is 1.50 bits per heavy atom. The Morgan fingerprint density at radius 1 is 1.20 bits per heavy atom. The zero-order valence-corrected chi connectivity index (χ0v) is 5.57. The van der Waals surface area contributed by atoms with Gasteiger partial charge in [-0.25, -0.2) is 0 Å². The van der Waals surface area contributed by atoms with Gasteiger partial charge in [0.25, 0.3) is 0 Å². The first kappa shape index (κ1) is 8.70. The van der Waals surface area contributed by atoms with Crippen molar-refractivity contribution in [2.24, 2.45) is 11.5 Å². The molecule has 0 bridgehead atoms. The summed E-state index contributed by atoms with van der Waals surface area (Å²) in [5, 5.41) is 18.0. The number of nitrogens with two attached hydrogens (primary N) is 2. The van der Waals surface area contributed by atoms with Gasteiger partial charge in [-0.1, -0.05) is 0 Å². The fourth-order valence-corrected chi connectivity index (χ4v) is 0.145. The second-order valence-electron chi connectivity index (χ2n) is 1.70. The third-order valence-electron chi connectivity index (χ3n) is 0.519. The third kappa shape index (κ3) is 15.9. The molecule has 6 heteroatoms. The number of guanidine groups is 2. The zero-order chi connectivity index (χ0) is 7.98. The summed E-state index contributed by atoms with van der Waals surface area (Å²) in [4.78, 5) is 0. The minimum absolute atomic E-state index is 0.312. The van der Waals surface area contributed by atoms with Crippen LogP contribution in [0.4, 0.5) is 0 Å². The number of nitrogens with one attached hydrogen (secondary N) is 4. The average molecular weight is 144 g/mol. The lowest BCUT2D eigenvalue weighted by molar-refractivity contribution is 1.19. The Kier molecular flexibility index (Phi) is 3.97. The summed E-state index contributed by atoms with van der Waals surface area (Å²) >= 11 is 0. The van der Waals surface area contributed by atoms with Crippen molar-refractivity contribution in [2.75, 3.05) is 13.1 Å². The molecule has 0 spiro atoms. The maximum absolute atomic E-state index is 6.47. The van der Waals surface area contributed by atoms with Crippen LogP contribution in [0.5, 0.6) is 0 Å². The molecule has 0 atom stereocenters. The Labute approximate surface area is 59.0 Å². The molecule has 6 nitrogen and oxygen atoms in total. The summed E-state index contributed by atoms with van der Waals surface area (Å²) < 4.78 is 0. The quantitative estimate of drug-likeness (QED) is 0.132. The molecule has 0 aromatic heterocycles. The van der Waals surface area contributed by atoms with Crippen LogP contribution in [-0.4, -0.2) is 25.0 Å². The van der Waals surface area contributed by atoms with E-state index in [1.807, 2.05) is 5.32 Å². The fraction of sp³-hybridized carbons (Fsp3) is 0.500. The van der Waals surface area contributed by atoms with Gasteiger partial charge in [0.1, 0.15) is 0 Å². The molecule has 1 saturated heterocycles. The highest BCUT2D eigenvalue weighted by Gasteiger charge is 1.91. The topological polar surface area (TPSA) is 134 Å². The van der Waals surface area contributed by atoms with E-state index in [2.05, 4.69) is 5.32 Å². The van der Waals surface area contributed by atoms with E-state index in [1.165, 1.54) is 13.1 Å². The van der Waals surface area contributed by atoms with Crippen molar-refractivity contribution in [3.8, 4) is 0 Å². The first-order valence-electron chi connectivity index (χ1n) is 2.78. The minimum Gasteiger partial charge on any atom is -0.370 e. The van der Waals surface area contributed by atoms with Crippen molar-refractivity contribution in [2.45, 2.75) is 0 Å². The summed E-state index contributed by atoms with van der Waals surface area (Å²) in [7, 11) is 0. The standard InChI is InChI=1S/C2H7N5.C2H5N/c3-1(4)7-2(5)6;1-2-3-1/h(H7,3,4,5,6,7);3H,1-2H2. The average Bonchev–Trinajstić information content (AvgIpc) is 2.38. The predicted octanol–water partition coefficient (Wildman–Crippen LogP) is -2.05. The van der Waals surface area contributed by atoms with Gasteiger partial charge in [0.15, 0.2) is 11.9 Å². The maximum Gasteiger partial charge on any atom is 0.192 e. The second kappa shape index (κ2) is 4.57. The monoisotopic (exact) mass is 144 g/mol. The molecule has 0 radical (unpaired) electrons. The summed E-state index contributed by atoms with van der Waals surface area (Å²) in [6, 6.07) is 0. The van der Waals surface area contributed by atoms with Gasteiger partial charge >= 0.3 is 0 Å². The molecule has 0 amide bonds. The zero-order valence-electron chi connectivity index (χ0n) is 5.57. The van der Waals surface area contributed by atoms with Gasteiger partial charge < -0.3 is 16.8 Å². The van der Waals surface area contributed by atoms with Gasteiger partial charge in [0.05, 0.1) is 0 Å². The van der Waals surface area contributed by atoms with E-state index in [-0.39, 0.29) is 11.9 Å². The Balaban J connectivity index is 0.000000219. The number of hydrogen-bond donors (Lipinski definition) is 6. The van der Waals surface area contributed by atoms with Crippen LogP contribution >= 0.6 is 0 Å². The molecule has 0 aromatic carbocycles. The van der Waals surface area contributed by atoms with Crippen LogP contribution in [0.3, 0.4) is 0 Å². The van der Waals surface area contributed by atoms with Crippen LogP contribution in [0.15, 0.2) is 0 Å². The molecular formula is C4H12N6. The maximum atomic E-state index is 6.47. The van der Waals surface area contributed by atoms with Crippen molar-refractivity contribution in [3.63, 3.8) is 0 Å². The fourth-order valence-electron chi connectivity index (χ4n) is 0.145. The molecule has 0 saturated carbocycles. The molecule has 1 heterocycles. The van der Waals surface area contributed by atoms with E-state index < -0.39 is 0 Å². The molecule has 0 unspecified atom stereocenters. The molecule has 0 aromatic rings. The molecule has 1 rings (SSSR count). The minimum atomic E-state index is -0.312. The van der Waals surface area contributed by atoms with E-state index in [4.69, 9.17) is 22.3 Å². The van der Waals surface area contributed by atoms with Crippen LogP contribution < -0.4 is 22.1 Å². The van der Waals surface area contributed by atoms with Gasteiger partial charge in [0.2, 0.25) is 0 Å². The molecular weight excluding hydrogens is 132 g/mol. The molecule has 58 valence electrons. The Morgan fingerprint density at radius 2 is 1.50 bits per heavy atom. The lowest BCUT2D eigenvalue weighted by Gasteiger charge is -1.95. The molecule has 1 aliphatic rings. The van der Waals surface area contributed by atoms with E-state index in [1.54, 1.807) is 0 Å². The number of hydrogen-bond acceptors (Lipinski definition) is 3. The first-order chi connectivity index (χ1) is 4.63. The number of rotatable bonds is 0. The van der Waals surface area contributed by atoms with Crippen LogP contribution in [-0.2, 0) is 0 Å². The van der Waals surface area contributed by atoms with Gasteiger partial charge in [-0.3, -0.25) is 16.1 Å². The predicted molar refractivity (Wildman–Crippen MR) is 39.8 cm³/mol. The molecule has 0 aliphatic carbocycles. The highest BCUT2D eigenvalue weighted by Crippen LogP contribution is 1.65. The first-order valence-corrected chi connectivity index (χ1v) is 2.78. The van der Waals surface area contributed by atoms with Crippen molar-refractivity contribution < 1.29 is 0 Å². The van der Waals surface area contributed by atoms with E-state index in [0.29, 0.717) is 0 Å². The molecule has 1 fully saturated rings. The van der Waals surface area contributed by atoms with E-state index in [0.717, 1.165) is 0 Å². The third-order valence-corrected chi connectivity index (χ3v) is 0.519. The van der Waals surface area contributed by atoms with Crippen LogP contribution in [0, 0.1) is 10.8 Å². The molecule has 1 aliphatic heterocycles. The normalized spacial score (nSPS) is 12.4. The van der Waals surface area contributed by atoms with E-state index >= 15 is 0 Å². The largest absolute Gasteiger partial charge is 0.370 e. The SMILES string of the molecule is C1CN1.N=C(N)NC(=N)N. The van der Waals surface area contributed by atoms with Crippen molar-refractivity contribution >= 4 is 11.9 Å². The van der Waals surface area contributed by atoms with Crippen LogP contribution in [0.1, 0.15) is 0 Å². The summed E-state index contributed by atoms with van der Waals surface area (Å²) in [5.41, 5.74) is 9.49.